The molecule has 2 fully saturated rings. The van der Waals surface area contributed by atoms with Crippen LogP contribution in [0.1, 0.15) is 43.8 Å². The quantitative estimate of drug-likeness (QED) is 0.901. The van der Waals surface area contributed by atoms with E-state index in [1.165, 1.54) is 6.42 Å². The Kier molecular flexibility index (Phi) is 3.53. The Hall–Kier alpha value is -1.39. The summed E-state index contributed by atoms with van der Waals surface area (Å²) in [5, 5.41) is 7.09. The van der Waals surface area contributed by atoms with Gasteiger partial charge in [-0.15, -0.1) is 0 Å². The predicted octanol–water partition coefficient (Wildman–Crippen LogP) is 1.69. The highest BCUT2D eigenvalue weighted by atomic mass is 16.2. The number of nitrogens with zero attached hydrogens (tertiary/aromatic N) is 3. The molecule has 0 bridgehead atoms. The van der Waals surface area contributed by atoms with Crippen LogP contribution in [0.2, 0.25) is 0 Å². The molecule has 1 amide bonds. The molecule has 0 unspecified atom stereocenters. The molecule has 1 aliphatic carbocycles. The number of piperidine rings is 1. The molecular weight excluding hydrogens is 240 g/mol. The van der Waals surface area contributed by atoms with Crippen LogP contribution in [0.4, 0.5) is 0 Å². The summed E-state index contributed by atoms with van der Waals surface area (Å²) in [6.07, 6.45) is 6.56. The first-order valence-electron chi connectivity index (χ1n) is 7.39. The fourth-order valence-electron chi connectivity index (χ4n) is 3.01. The molecule has 5 nitrogen and oxygen atoms in total. The van der Waals surface area contributed by atoms with Crippen LogP contribution in [0.25, 0.3) is 0 Å². The molecule has 0 aromatic carbocycles. The van der Waals surface area contributed by atoms with Crippen LogP contribution >= 0.6 is 0 Å². The SMILES string of the molecule is Cc1nc(CC2CCN(C(=O)C3CCC3)CC2)n[nH]1. The van der Waals surface area contributed by atoms with Crippen molar-refractivity contribution in [3.05, 3.63) is 11.6 Å². The Bertz CT molecular complexity index is 444. The molecular formula is C14H22N4O. The minimum atomic E-state index is 0.340. The third kappa shape index (κ3) is 2.80. The molecule has 1 aliphatic heterocycles. The van der Waals surface area contributed by atoms with Crippen LogP contribution < -0.4 is 0 Å². The Balaban J connectivity index is 1.47. The topological polar surface area (TPSA) is 61.9 Å². The molecule has 19 heavy (non-hydrogen) atoms. The Morgan fingerprint density at radius 2 is 2.05 bits per heavy atom. The number of carbonyl (C=O) groups is 1. The van der Waals surface area contributed by atoms with E-state index in [0.29, 0.717) is 17.7 Å². The van der Waals surface area contributed by atoms with Gasteiger partial charge in [0, 0.05) is 25.4 Å². The van der Waals surface area contributed by atoms with Gasteiger partial charge >= 0.3 is 0 Å². The first-order chi connectivity index (χ1) is 9.22. The second-order valence-corrected chi connectivity index (χ2v) is 5.94. The van der Waals surface area contributed by atoms with Crippen molar-refractivity contribution in [2.24, 2.45) is 11.8 Å². The number of H-pyrrole nitrogens is 1. The fraction of sp³-hybridized carbons (Fsp3) is 0.786. The van der Waals surface area contributed by atoms with E-state index < -0.39 is 0 Å². The van der Waals surface area contributed by atoms with E-state index in [1.807, 2.05) is 6.92 Å². The van der Waals surface area contributed by atoms with Gasteiger partial charge in [-0.3, -0.25) is 9.89 Å². The van der Waals surface area contributed by atoms with Crippen LogP contribution in [0.15, 0.2) is 0 Å². The molecule has 5 heteroatoms. The van der Waals surface area contributed by atoms with Crippen molar-refractivity contribution >= 4 is 5.91 Å². The van der Waals surface area contributed by atoms with Crippen molar-refractivity contribution < 1.29 is 4.79 Å². The molecule has 2 aliphatic rings. The van der Waals surface area contributed by atoms with Gasteiger partial charge in [0.25, 0.3) is 0 Å². The number of likely N-dealkylation sites (tertiary alicyclic amines) is 1. The summed E-state index contributed by atoms with van der Waals surface area (Å²) in [6.45, 7) is 3.77. The molecule has 0 spiro atoms. The molecule has 1 aromatic rings. The highest BCUT2D eigenvalue weighted by molar-refractivity contribution is 5.79. The lowest BCUT2D eigenvalue weighted by Gasteiger charge is -2.36. The number of aromatic nitrogens is 3. The van der Waals surface area contributed by atoms with Crippen LogP contribution in [-0.2, 0) is 11.2 Å². The van der Waals surface area contributed by atoms with Gasteiger partial charge in [-0.1, -0.05) is 6.42 Å². The van der Waals surface area contributed by atoms with Crippen LogP contribution in [0.3, 0.4) is 0 Å². The number of hydrogen-bond donors (Lipinski definition) is 1. The maximum atomic E-state index is 12.1. The first-order valence-corrected chi connectivity index (χ1v) is 7.39. The van der Waals surface area contributed by atoms with E-state index in [4.69, 9.17) is 0 Å². The molecule has 1 saturated carbocycles. The molecule has 3 rings (SSSR count). The monoisotopic (exact) mass is 262 g/mol. The maximum Gasteiger partial charge on any atom is 0.225 e. The van der Waals surface area contributed by atoms with Gasteiger partial charge in [-0.2, -0.15) is 5.10 Å². The standard InChI is InChI=1S/C14H22N4O/c1-10-15-13(17-16-10)9-11-5-7-18(8-6-11)14(19)12-3-2-4-12/h11-12H,2-9H2,1H3,(H,15,16,17). The zero-order chi connectivity index (χ0) is 13.2. The average Bonchev–Trinajstić information content (AvgIpc) is 2.73. The first kappa shape index (κ1) is 12.6. The van der Waals surface area contributed by atoms with Gasteiger partial charge in [-0.05, 0) is 38.5 Å². The Morgan fingerprint density at radius 1 is 1.32 bits per heavy atom. The summed E-state index contributed by atoms with van der Waals surface area (Å²) in [7, 11) is 0. The smallest absolute Gasteiger partial charge is 0.225 e. The van der Waals surface area contributed by atoms with Crippen LogP contribution in [0.5, 0.6) is 0 Å². The zero-order valence-electron chi connectivity index (χ0n) is 11.6. The van der Waals surface area contributed by atoms with E-state index in [-0.39, 0.29) is 0 Å². The minimum Gasteiger partial charge on any atom is -0.342 e. The van der Waals surface area contributed by atoms with Crippen molar-refractivity contribution in [2.75, 3.05) is 13.1 Å². The Morgan fingerprint density at radius 3 is 2.58 bits per heavy atom. The summed E-state index contributed by atoms with van der Waals surface area (Å²) in [5.41, 5.74) is 0. The number of carbonyl (C=O) groups excluding carboxylic acids is 1. The lowest BCUT2D eigenvalue weighted by molar-refractivity contribution is -0.139. The molecule has 0 radical (unpaired) electrons. The maximum absolute atomic E-state index is 12.1. The molecule has 104 valence electrons. The number of aryl methyl sites for hydroxylation is 1. The average molecular weight is 262 g/mol. The van der Waals surface area contributed by atoms with Crippen molar-refractivity contribution in [1.82, 2.24) is 20.1 Å². The highest BCUT2D eigenvalue weighted by Gasteiger charge is 2.31. The van der Waals surface area contributed by atoms with Gasteiger partial charge in [0.1, 0.15) is 5.82 Å². The number of hydrogen-bond acceptors (Lipinski definition) is 3. The van der Waals surface area contributed by atoms with Gasteiger partial charge in [-0.25, -0.2) is 4.98 Å². The van der Waals surface area contributed by atoms with Crippen molar-refractivity contribution in [2.45, 2.75) is 45.4 Å². The normalized spacial score (nSPS) is 21.4. The second kappa shape index (κ2) is 5.31. The van der Waals surface area contributed by atoms with Gasteiger partial charge in [0.05, 0.1) is 0 Å². The lowest BCUT2D eigenvalue weighted by Crippen LogP contribution is -2.43. The third-order valence-corrected chi connectivity index (χ3v) is 4.50. The van der Waals surface area contributed by atoms with Crippen LogP contribution in [0, 0.1) is 18.8 Å². The van der Waals surface area contributed by atoms with Gasteiger partial charge in [0.2, 0.25) is 5.91 Å². The van der Waals surface area contributed by atoms with E-state index in [9.17, 15) is 4.79 Å². The summed E-state index contributed by atoms with van der Waals surface area (Å²) < 4.78 is 0. The fourth-order valence-corrected chi connectivity index (χ4v) is 3.01. The number of aromatic amines is 1. The summed E-state index contributed by atoms with van der Waals surface area (Å²) in [4.78, 5) is 18.6. The van der Waals surface area contributed by atoms with Crippen molar-refractivity contribution in [3.63, 3.8) is 0 Å². The summed E-state index contributed by atoms with van der Waals surface area (Å²) in [5.74, 6) is 3.17. The number of nitrogens with one attached hydrogen (secondary N) is 1. The summed E-state index contributed by atoms with van der Waals surface area (Å²) >= 11 is 0. The van der Waals surface area contributed by atoms with Crippen LogP contribution in [-0.4, -0.2) is 39.1 Å². The van der Waals surface area contributed by atoms with Gasteiger partial charge in [0.15, 0.2) is 5.82 Å². The molecule has 0 atom stereocenters. The number of amides is 1. The van der Waals surface area contributed by atoms with Crippen molar-refractivity contribution in [1.29, 1.82) is 0 Å². The zero-order valence-corrected chi connectivity index (χ0v) is 11.6. The molecule has 2 heterocycles. The van der Waals surface area contributed by atoms with E-state index in [2.05, 4.69) is 20.1 Å². The number of rotatable bonds is 3. The largest absolute Gasteiger partial charge is 0.342 e. The molecule has 1 saturated heterocycles. The van der Waals surface area contributed by atoms with E-state index in [1.54, 1.807) is 0 Å². The van der Waals surface area contributed by atoms with Crippen molar-refractivity contribution in [3.8, 4) is 0 Å². The van der Waals surface area contributed by atoms with E-state index in [0.717, 1.165) is 56.8 Å². The Labute approximate surface area is 113 Å². The minimum absolute atomic E-state index is 0.340. The molecule has 1 N–H and O–H groups in total. The second-order valence-electron chi connectivity index (χ2n) is 5.94. The molecule has 1 aromatic heterocycles. The highest BCUT2D eigenvalue weighted by Crippen LogP contribution is 2.30. The third-order valence-electron chi connectivity index (χ3n) is 4.50. The predicted molar refractivity (Wildman–Crippen MR) is 71.5 cm³/mol. The summed E-state index contributed by atoms with van der Waals surface area (Å²) in [6, 6.07) is 0. The lowest BCUT2D eigenvalue weighted by atomic mass is 9.83. The van der Waals surface area contributed by atoms with E-state index >= 15 is 0 Å². The van der Waals surface area contributed by atoms with Gasteiger partial charge < -0.3 is 4.90 Å².